The van der Waals surface area contributed by atoms with Gasteiger partial charge in [0.15, 0.2) is 5.82 Å². The molecule has 2 amide bonds. The standard InChI is InChI=1S/C21H26F2N4O3/c1-2-4-17(25-19(29)9-14-7-15(22)10-16(23)8-14)20(30)26-18-11-27(13-24-18)21(12-28)5-3-6-21/h7-8,10-11,13,17,28H,2-6,9,12H2,1H3,(H,25,29)(H,26,30)/t17-/m0/s1. The zero-order valence-corrected chi connectivity index (χ0v) is 16.8. The molecule has 1 atom stereocenters. The summed E-state index contributed by atoms with van der Waals surface area (Å²) < 4.78 is 28.4. The third-order valence-electron chi connectivity index (χ3n) is 5.48. The monoisotopic (exact) mass is 420 g/mol. The van der Waals surface area contributed by atoms with Crippen molar-refractivity contribution in [1.82, 2.24) is 14.9 Å². The van der Waals surface area contributed by atoms with Crippen molar-refractivity contribution in [1.29, 1.82) is 0 Å². The second-order valence-corrected chi connectivity index (χ2v) is 7.75. The minimum absolute atomic E-state index is 0.00589. The van der Waals surface area contributed by atoms with Gasteiger partial charge in [0.1, 0.15) is 17.7 Å². The number of carbonyl (C=O) groups is 2. The van der Waals surface area contributed by atoms with Crippen LogP contribution in [-0.4, -0.2) is 39.1 Å². The van der Waals surface area contributed by atoms with Crippen LogP contribution >= 0.6 is 0 Å². The van der Waals surface area contributed by atoms with Crippen molar-refractivity contribution in [3.63, 3.8) is 0 Å². The number of aromatic nitrogens is 2. The molecule has 162 valence electrons. The Morgan fingerprint density at radius 3 is 2.53 bits per heavy atom. The minimum atomic E-state index is -0.804. The number of rotatable bonds is 9. The fourth-order valence-electron chi connectivity index (χ4n) is 3.64. The maximum absolute atomic E-state index is 13.3. The zero-order chi connectivity index (χ0) is 21.7. The maximum atomic E-state index is 13.3. The van der Waals surface area contributed by atoms with Crippen molar-refractivity contribution in [2.24, 2.45) is 0 Å². The van der Waals surface area contributed by atoms with Gasteiger partial charge in [-0.2, -0.15) is 0 Å². The maximum Gasteiger partial charge on any atom is 0.248 e. The van der Waals surface area contributed by atoms with E-state index in [2.05, 4.69) is 15.6 Å². The lowest BCUT2D eigenvalue weighted by Crippen LogP contribution is -2.44. The summed E-state index contributed by atoms with van der Waals surface area (Å²) in [5, 5.41) is 15.0. The zero-order valence-electron chi connectivity index (χ0n) is 16.8. The van der Waals surface area contributed by atoms with Crippen LogP contribution in [0.25, 0.3) is 0 Å². The van der Waals surface area contributed by atoms with Crippen molar-refractivity contribution in [3.8, 4) is 0 Å². The van der Waals surface area contributed by atoms with E-state index in [-0.39, 0.29) is 24.1 Å². The Bertz CT molecular complexity index is 886. The molecule has 1 fully saturated rings. The first kappa shape index (κ1) is 21.9. The summed E-state index contributed by atoms with van der Waals surface area (Å²) in [6.45, 7) is 1.89. The number of hydrogen-bond acceptors (Lipinski definition) is 4. The molecule has 1 aliphatic rings. The highest BCUT2D eigenvalue weighted by Gasteiger charge is 2.38. The molecule has 1 heterocycles. The summed E-state index contributed by atoms with van der Waals surface area (Å²) in [6.07, 6.45) is 6.79. The number of aliphatic hydroxyl groups is 1. The molecule has 0 spiro atoms. The van der Waals surface area contributed by atoms with Gasteiger partial charge in [0, 0.05) is 12.3 Å². The fraction of sp³-hybridized carbons (Fsp3) is 0.476. The molecule has 7 nitrogen and oxygen atoms in total. The highest BCUT2D eigenvalue weighted by Crippen LogP contribution is 2.39. The molecule has 1 aromatic carbocycles. The number of anilines is 1. The first-order valence-corrected chi connectivity index (χ1v) is 10.1. The Balaban J connectivity index is 1.62. The number of halogens is 2. The molecule has 0 saturated heterocycles. The topological polar surface area (TPSA) is 96.2 Å². The lowest BCUT2D eigenvalue weighted by molar-refractivity contribution is -0.126. The van der Waals surface area contributed by atoms with E-state index in [1.54, 1.807) is 12.5 Å². The van der Waals surface area contributed by atoms with Crippen LogP contribution in [0.5, 0.6) is 0 Å². The fourth-order valence-corrected chi connectivity index (χ4v) is 3.64. The number of amides is 2. The Morgan fingerprint density at radius 2 is 1.97 bits per heavy atom. The Labute approximate surface area is 173 Å². The molecule has 0 aliphatic heterocycles. The van der Waals surface area contributed by atoms with E-state index in [9.17, 15) is 23.5 Å². The van der Waals surface area contributed by atoms with Gasteiger partial charge in [0.2, 0.25) is 11.8 Å². The molecule has 2 aromatic rings. The lowest BCUT2D eigenvalue weighted by atomic mass is 9.77. The van der Waals surface area contributed by atoms with Crippen LogP contribution in [0.4, 0.5) is 14.6 Å². The van der Waals surface area contributed by atoms with Gasteiger partial charge in [0.25, 0.3) is 0 Å². The number of carbonyl (C=O) groups excluding carboxylic acids is 2. The number of benzene rings is 1. The van der Waals surface area contributed by atoms with Gasteiger partial charge < -0.3 is 20.3 Å². The Kier molecular flexibility index (Phi) is 6.81. The SMILES string of the molecule is CCC[C@H](NC(=O)Cc1cc(F)cc(F)c1)C(=O)Nc1cn(C2(CO)CCC2)cn1. The first-order valence-electron chi connectivity index (χ1n) is 10.1. The highest BCUT2D eigenvalue weighted by atomic mass is 19.1. The lowest BCUT2D eigenvalue weighted by Gasteiger charge is -2.41. The summed E-state index contributed by atoms with van der Waals surface area (Å²) in [5.74, 6) is -2.12. The van der Waals surface area contributed by atoms with Crippen molar-refractivity contribution in [3.05, 3.63) is 47.9 Å². The van der Waals surface area contributed by atoms with E-state index in [0.29, 0.717) is 18.7 Å². The molecular weight excluding hydrogens is 394 g/mol. The van der Waals surface area contributed by atoms with E-state index < -0.39 is 29.5 Å². The van der Waals surface area contributed by atoms with E-state index in [0.717, 1.165) is 37.5 Å². The van der Waals surface area contributed by atoms with Crippen molar-refractivity contribution < 1.29 is 23.5 Å². The van der Waals surface area contributed by atoms with E-state index in [1.807, 2.05) is 11.5 Å². The summed E-state index contributed by atoms with van der Waals surface area (Å²) in [6, 6.07) is 2.10. The van der Waals surface area contributed by atoms with Gasteiger partial charge in [0.05, 0.1) is 24.9 Å². The summed E-state index contributed by atoms with van der Waals surface area (Å²) >= 11 is 0. The van der Waals surface area contributed by atoms with Gasteiger partial charge in [-0.3, -0.25) is 9.59 Å². The molecule has 3 rings (SSSR count). The Morgan fingerprint density at radius 1 is 1.27 bits per heavy atom. The van der Waals surface area contributed by atoms with Crippen LogP contribution in [-0.2, 0) is 21.5 Å². The van der Waals surface area contributed by atoms with Crippen LogP contribution in [0, 0.1) is 11.6 Å². The number of hydrogen-bond donors (Lipinski definition) is 3. The first-order chi connectivity index (χ1) is 14.3. The molecule has 30 heavy (non-hydrogen) atoms. The minimum Gasteiger partial charge on any atom is -0.394 e. The molecular formula is C21H26F2N4O3. The number of aliphatic hydroxyl groups excluding tert-OH is 1. The van der Waals surface area contributed by atoms with Crippen LogP contribution in [0.2, 0.25) is 0 Å². The van der Waals surface area contributed by atoms with Gasteiger partial charge in [-0.15, -0.1) is 0 Å². The van der Waals surface area contributed by atoms with Gasteiger partial charge in [-0.1, -0.05) is 13.3 Å². The average Bonchev–Trinajstić information content (AvgIpc) is 3.08. The normalized spacial score (nSPS) is 15.9. The second kappa shape index (κ2) is 9.34. The third-order valence-corrected chi connectivity index (χ3v) is 5.48. The van der Waals surface area contributed by atoms with Crippen LogP contribution < -0.4 is 10.6 Å². The summed E-state index contributed by atoms with van der Waals surface area (Å²) in [5.41, 5.74) is -0.165. The van der Waals surface area contributed by atoms with Crippen molar-refractivity contribution in [2.45, 2.75) is 57.0 Å². The van der Waals surface area contributed by atoms with Crippen molar-refractivity contribution in [2.75, 3.05) is 11.9 Å². The Hall–Kier alpha value is -2.81. The largest absolute Gasteiger partial charge is 0.394 e. The van der Waals surface area contributed by atoms with Crippen LogP contribution in [0.3, 0.4) is 0 Å². The second-order valence-electron chi connectivity index (χ2n) is 7.75. The van der Waals surface area contributed by atoms with E-state index in [1.165, 1.54) is 0 Å². The number of imidazole rings is 1. The van der Waals surface area contributed by atoms with E-state index >= 15 is 0 Å². The molecule has 0 radical (unpaired) electrons. The predicted molar refractivity (Wildman–Crippen MR) is 107 cm³/mol. The summed E-state index contributed by atoms with van der Waals surface area (Å²) in [4.78, 5) is 29.2. The molecule has 0 bridgehead atoms. The van der Waals surface area contributed by atoms with Gasteiger partial charge >= 0.3 is 0 Å². The molecule has 1 saturated carbocycles. The third kappa shape index (κ3) is 5.02. The molecule has 9 heteroatoms. The smallest absolute Gasteiger partial charge is 0.248 e. The predicted octanol–water partition coefficient (Wildman–Crippen LogP) is 2.50. The molecule has 0 unspecified atom stereocenters. The molecule has 3 N–H and O–H groups in total. The molecule has 1 aromatic heterocycles. The van der Waals surface area contributed by atoms with Gasteiger partial charge in [-0.05, 0) is 43.4 Å². The average molecular weight is 420 g/mol. The van der Waals surface area contributed by atoms with Crippen LogP contribution in [0.1, 0.15) is 44.6 Å². The van der Waals surface area contributed by atoms with E-state index in [4.69, 9.17) is 0 Å². The number of nitrogens with one attached hydrogen (secondary N) is 2. The molecule has 1 aliphatic carbocycles. The van der Waals surface area contributed by atoms with Crippen LogP contribution in [0.15, 0.2) is 30.7 Å². The van der Waals surface area contributed by atoms with Crippen molar-refractivity contribution >= 4 is 17.6 Å². The van der Waals surface area contributed by atoms with Gasteiger partial charge in [-0.25, -0.2) is 13.8 Å². The quantitative estimate of drug-likeness (QED) is 0.581. The summed E-state index contributed by atoms with van der Waals surface area (Å²) in [7, 11) is 0. The highest BCUT2D eigenvalue weighted by molar-refractivity contribution is 5.96. The number of nitrogens with zero attached hydrogens (tertiary/aromatic N) is 2.